The van der Waals surface area contributed by atoms with Crippen LogP contribution in [-0.4, -0.2) is 6.04 Å². The molecule has 1 N–H and O–H groups in total. The number of rotatable bonds is 3. The van der Waals surface area contributed by atoms with Gasteiger partial charge in [-0.2, -0.15) is 0 Å². The summed E-state index contributed by atoms with van der Waals surface area (Å²) in [6, 6.07) is 6.72. The molecule has 0 aromatic heterocycles. The van der Waals surface area contributed by atoms with Crippen LogP contribution in [0.5, 0.6) is 0 Å². The van der Waals surface area contributed by atoms with Crippen LogP contribution in [0, 0.1) is 0 Å². The first-order valence-electron chi connectivity index (χ1n) is 6.93. The van der Waals surface area contributed by atoms with Gasteiger partial charge in [-0.25, -0.2) is 0 Å². The summed E-state index contributed by atoms with van der Waals surface area (Å²) in [5.41, 5.74) is 1.19. The maximum atomic E-state index is 6.21. The first-order chi connectivity index (χ1) is 8.75. The minimum Gasteiger partial charge on any atom is -0.310 e. The predicted octanol–water partition coefficient (Wildman–Crippen LogP) is 5.31. The quantitative estimate of drug-likeness (QED) is 0.792. The van der Waals surface area contributed by atoms with E-state index < -0.39 is 0 Å². The fourth-order valence-corrected chi connectivity index (χ4v) is 3.19. The van der Waals surface area contributed by atoms with Crippen LogP contribution in [0.3, 0.4) is 0 Å². The van der Waals surface area contributed by atoms with Crippen molar-refractivity contribution in [3.63, 3.8) is 0 Å². The van der Waals surface area contributed by atoms with Gasteiger partial charge < -0.3 is 5.32 Å². The Kier molecular flexibility index (Phi) is 6.00. The third kappa shape index (κ3) is 4.56. The Morgan fingerprint density at radius 1 is 1.11 bits per heavy atom. The van der Waals surface area contributed by atoms with Gasteiger partial charge in [-0.15, -0.1) is 0 Å². The fraction of sp³-hybridized carbons (Fsp3) is 0.600. The minimum atomic E-state index is 0.667. The Morgan fingerprint density at radius 3 is 2.50 bits per heavy atom. The topological polar surface area (TPSA) is 12.0 Å². The third-order valence-electron chi connectivity index (χ3n) is 3.69. The predicted molar refractivity (Wildman–Crippen MR) is 82.1 cm³/mol. The Bertz CT molecular complexity index is 373. The molecule has 18 heavy (non-hydrogen) atoms. The molecule has 1 aromatic carbocycles. The van der Waals surface area contributed by atoms with E-state index in [9.17, 15) is 0 Å². The molecule has 3 heteroatoms. The second-order valence-corrected chi connectivity index (χ2v) is 6.48. The van der Waals surface area contributed by atoms with Gasteiger partial charge in [0.1, 0.15) is 0 Å². The van der Waals surface area contributed by atoms with Gasteiger partial charge in [0.15, 0.2) is 0 Å². The van der Waals surface area contributed by atoms with Crippen LogP contribution in [-0.2, 0) is 6.54 Å². The van der Waals surface area contributed by atoms with Crippen LogP contribution in [0.4, 0.5) is 0 Å². The molecule has 100 valence electrons. The van der Waals surface area contributed by atoms with Gasteiger partial charge in [0, 0.05) is 22.1 Å². The van der Waals surface area contributed by atoms with Crippen molar-refractivity contribution in [2.24, 2.45) is 0 Å². The van der Waals surface area contributed by atoms with Gasteiger partial charge in [-0.05, 0) is 36.6 Å². The highest BCUT2D eigenvalue weighted by Gasteiger charge is 2.11. The lowest BCUT2D eigenvalue weighted by molar-refractivity contribution is 0.389. The number of hydrogen-bond donors (Lipinski definition) is 1. The molecule has 0 spiro atoms. The monoisotopic (exact) mass is 329 g/mol. The second kappa shape index (κ2) is 7.52. The molecule has 0 amide bonds. The molecule has 1 aromatic rings. The highest BCUT2D eigenvalue weighted by atomic mass is 79.9. The molecule has 0 aliphatic heterocycles. The normalized spacial score (nSPS) is 18.3. The number of nitrogens with one attached hydrogen (secondary N) is 1. The summed E-state index contributed by atoms with van der Waals surface area (Å²) in [4.78, 5) is 0. The smallest absolute Gasteiger partial charge is 0.0451 e. The molecule has 0 bridgehead atoms. The molecule has 1 aliphatic rings. The first-order valence-corrected chi connectivity index (χ1v) is 8.10. The van der Waals surface area contributed by atoms with Crippen LogP contribution in [0.15, 0.2) is 22.7 Å². The van der Waals surface area contributed by atoms with E-state index in [1.54, 1.807) is 0 Å². The summed E-state index contributed by atoms with van der Waals surface area (Å²) < 4.78 is 1.10. The van der Waals surface area contributed by atoms with Crippen molar-refractivity contribution in [1.29, 1.82) is 0 Å². The van der Waals surface area contributed by atoms with Crippen molar-refractivity contribution in [2.75, 3.05) is 0 Å². The molecule has 1 fully saturated rings. The lowest BCUT2D eigenvalue weighted by Crippen LogP contribution is -2.29. The lowest BCUT2D eigenvalue weighted by Gasteiger charge is -2.21. The zero-order chi connectivity index (χ0) is 12.8. The van der Waals surface area contributed by atoms with Crippen LogP contribution < -0.4 is 5.32 Å². The third-order valence-corrected chi connectivity index (χ3v) is 4.56. The van der Waals surface area contributed by atoms with Crippen LogP contribution in [0.1, 0.15) is 50.5 Å². The van der Waals surface area contributed by atoms with E-state index >= 15 is 0 Å². The van der Waals surface area contributed by atoms with Gasteiger partial charge >= 0.3 is 0 Å². The van der Waals surface area contributed by atoms with E-state index in [0.717, 1.165) is 16.0 Å². The molecule has 1 nitrogen and oxygen atoms in total. The van der Waals surface area contributed by atoms with Gasteiger partial charge in [0.05, 0.1) is 0 Å². The molecule has 2 rings (SSSR count). The van der Waals surface area contributed by atoms with Crippen molar-refractivity contribution in [1.82, 2.24) is 5.32 Å². The lowest BCUT2D eigenvalue weighted by atomic mass is 9.96. The van der Waals surface area contributed by atoms with E-state index in [2.05, 4.69) is 27.3 Å². The summed E-state index contributed by atoms with van der Waals surface area (Å²) in [7, 11) is 0. The average Bonchev–Trinajstić information content (AvgIpc) is 2.32. The second-order valence-electron chi connectivity index (χ2n) is 5.16. The van der Waals surface area contributed by atoms with Crippen LogP contribution in [0.2, 0.25) is 5.02 Å². The van der Waals surface area contributed by atoms with Crippen LogP contribution >= 0.6 is 27.5 Å². The number of benzene rings is 1. The Hall–Kier alpha value is -0.0500. The summed E-state index contributed by atoms with van der Waals surface area (Å²) in [6.45, 7) is 0.878. The molecule has 1 saturated carbocycles. The molecule has 0 saturated heterocycles. The minimum absolute atomic E-state index is 0.667. The van der Waals surface area contributed by atoms with Crippen molar-refractivity contribution < 1.29 is 0 Å². The molecule has 0 unspecified atom stereocenters. The van der Waals surface area contributed by atoms with Crippen molar-refractivity contribution >= 4 is 27.5 Å². The first kappa shape index (κ1) is 14.4. The standard InChI is InChI=1S/C15H21BrClN/c16-13-8-9-15(17)12(10-13)11-18-14-6-4-2-1-3-5-7-14/h8-10,14,18H,1-7,11H2. The molecule has 0 heterocycles. The summed E-state index contributed by atoms with van der Waals surface area (Å²) in [5.74, 6) is 0. The van der Waals surface area contributed by atoms with E-state index in [-0.39, 0.29) is 0 Å². The van der Waals surface area contributed by atoms with E-state index in [4.69, 9.17) is 11.6 Å². The van der Waals surface area contributed by atoms with Crippen molar-refractivity contribution in [3.8, 4) is 0 Å². The van der Waals surface area contributed by atoms with Crippen molar-refractivity contribution in [3.05, 3.63) is 33.3 Å². The van der Waals surface area contributed by atoms with Gasteiger partial charge in [-0.3, -0.25) is 0 Å². The van der Waals surface area contributed by atoms with Crippen molar-refractivity contribution in [2.45, 2.75) is 57.5 Å². The summed E-state index contributed by atoms with van der Waals surface area (Å²) in [5, 5.41) is 4.53. The van der Waals surface area contributed by atoms with Crippen LogP contribution in [0.25, 0.3) is 0 Å². The van der Waals surface area contributed by atoms with Gasteiger partial charge in [0.25, 0.3) is 0 Å². The molecule has 0 atom stereocenters. The maximum absolute atomic E-state index is 6.21. The zero-order valence-electron chi connectivity index (χ0n) is 10.7. The average molecular weight is 331 g/mol. The molecule has 1 aliphatic carbocycles. The largest absolute Gasteiger partial charge is 0.310 e. The molecule has 0 radical (unpaired) electrons. The fourth-order valence-electron chi connectivity index (χ4n) is 2.59. The van der Waals surface area contributed by atoms with Gasteiger partial charge in [0.2, 0.25) is 0 Å². The maximum Gasteiger partial charge on any atom is 0.0451 e. The highest BCUT2D eigenvalue weighted by molar-refractivity contribution is 9.10. The number of halogens is 2. The Morgan fingerprint density at radius 2 is 1.78 bits per heavy atom. The molecular formula is C15H21BrClN. The summed E-state index contributed by atoms with van der Waals surface area (Å²) in [6.07, 6.45) is 9.57. The SMILES string of the molecule is Clc1ccc(Br)cc1CNC1CCCCCCC1. The van der Waals surface area contributed by atoms with E-state index in [0.29, 0.717) is 6.04 Å². The van der Waals surface area contributed by atoms with E-state index in [1.807, 2.05) is 12.1 Å². The number of hydrogen-bond acceptors (Lipinski definition) is 1. The Labute approximate surface area is 123 Å². The van der Waals surface area contributed by atoms with E-state index in [1.165, 1.54) is 50.5 Å². The van der Waals surface area contributed by atoms with Gasteiger partial charge in [-0.1, -0.05) is 59.6 Å². The zero-order valence-corrected chi connectivity index (χ0v) is 13.1. The highest BCUT2D eigenvalue weighted by Crippen LogP contribution is 2.22. The summed E-state index contributed by atoms with van der Waals surface area (Å²) >= 11 is 9.71. The molecular weight excluding hydrogens is 310 g/mol. The Balaban J connectivity index is 1.87.